The van der Waals surface area contributed by atoms with Gasteiger partial charge in [0.1, 0.15) is 11.0 Å². The topological polar surface area (TPSA) is 80.9 Å². The van der Waals surface area contributed by atoms with E-state index in [1.807, 2.05) is 0 Å². The quantitative estimate of drug-likeness (QED) is 0.502. The number of hydrogen-bond acceptors (Lipinski definition) is 4. The number of anilines is 2. The average molecular weight is 393 g/mol. The Morgan fingerprint density at radius 3 is 2.22 bits per heavy atom. The number of rotatable bonds is 3. The minimum Gasteiger partial charge on any atom is -0.399 e. The molecular weight excluding hydrogens is 381 g/mol. The first-order chi connectivity index (χ1) is 12.7. The summed E-state index contributed by atoms with van der Waals surface area (Å²) in [5.41, 5.74) is 5.99. The molecule has 27 heavy (non-hydrogen) atoms. The summed E-state index contributed by atoms with van der Waals surface area (Å²) < 4.78 is 38.0. The Kier molecular flexibility index (Phi) is 5.00. The summed E-state index contributed by atoms with van der Waals surface area (Å²) >= 11 is 5.96. The van der Waals surface area contributed by atoms with Crippen molar-refractivity contribution in [1.29, 1.82) is 0 Å². The number of alkyl halides is 3. The second-order valence-corrected chi connectivity index (χ2v) is 5.94. The number of nitrogens with one attached hydrogen (secondary N) is 1. The van der Waals surface area contributed by atoms with Gasteiger partial charge < -0.3 is 11.1 Å². The zero-order chi connectivity index (χ0) is 19.6. The maximum absolute atomic E-state index is 12.7. The third kappa shape index (κ3) is 4.53. The standard InChI is InChI=1S/C18H12ClF3N4O/c19-14-9-15(26-17(27)11-3-7-13(23)8-4-11)25-16(24-14)10-1-5-12(6-2-10)18(20,21)22/h1-9H,23H2,(H,24,25,26,27). The Morgan fingerprint density at radius 2 is 1.63 bits per heavy atom. The first-order valence-electron chi connectivity index (χ1n) is 7.61. The van der Waals surface area contributed by atoms with E-state index < -0.39 is 17.6 Å². The lowest BCUT2D eigenvalue weighted by molar-refractivity contribution is -0.137. The van der Waals surface area contributed by atoms with E-state index in [0.717, 1.165) is 12.1 Å². The third-order valence-electron chi connectivity index (χ3n) is 3.58. The Bertz CT molecular complexity index is 973. The zero-order valence-electron chi connectivity index (χ0n) is 13.6. The van der Waals surface area contributed by atoms with Crippen LogP contribution < -0.4 is 11.1 Å². The van der Waals surface area contributed by atoms with E-state index in [-0.39, 0.29) is 16.8 Å². The molecule has 2 aromatic carbocycles. The number of benzene rings is 2. The first-order valence-corrected chi connectivity index (χ1v) is 7.99. The van der Waals surface area contributed by atoms with E-state index in [9.17, 15) is 18.0 Å². The number of carbonyl (C=O) groups excluding carboxylic acids is 1. The van der Waals surface area contributed by atoms with Crippen molar-refractivity contribution in [1.82, 2.24) is 9.97 Å². The van der Waals surface area contributed by atoms with Gasteiger partial charge in [0.05, 0.1) is 5.56 Å². The lowest BCUT2D eigenvalue weighted by Gasteiger charge is -2.09. The molecule has 0 saturated carbocycles. The molecule has 0 radical (unpaired) electrons. The fraction of sp³-hybridized carbons (Fsp3) is 0.0556. The molecule has 0 fully saturated rings. The molecule has 0 aliphatic heterocycles. The molecule has 1 amide bonds. The van der Waals surface area contributed by atoms with Gasteiger partial charge in [0, 0.05) is 22.9 Å². The normalized spacial score (nSPS) is 11.3. The van der Waals surface area contributed by atoms with E-state index in [1.54, 1.807) is 24.3 Å². The lowest BCUT2D eigenvalue weighted by atomic mass is 10.1. The predicted octanol–water partition coefficient (Wildman–Crippen LogP) is 4.65. The van der Waals surface area contributed by atoms with Gasteiger partial charge in [-0.25, -0.2) is 9.97 Å². The van der Waals surface area contributed by atoms with Gasteiger partial charge in [0.2, 0.25) is 0 Å². The molecule has 0 saturated heterocycles. The summed E-state index contributed by atoms with van der Waals surface area (Å²) in [4.78, 5) is 20.4. The molecule has 138 valence electrons. The second-order valence-electron chi connectivity index (χ2n) is 5.55. The van der Waals surface area contributed by atoms with Gasteiger partial charge in [-0.3, -0.25) is 4.79 Å². The molecule has 0 aliphatic rings. The van der Waals surface area contributed by atoms with Crippen LogP contribution in [0.1, 0.15) is 15.9 Å². The van der Waals surface area contributed by atoms with Crippen molar-refractivity contribution in [2.75, 3.05) is 11.1 Å². The Labute approximate surface area is 157 Å². The Balaban J connectivity index is 1.86. The molecular formula is C18H12ClF3N4O. The van der Waals surface area contributed by atoms with Crippen molar-refractivity contribution in [3.63, 3.8) is 0 Å². The highest BCUT2D eigenvalue weighted by molar-refractivity contribution is 6.29. The van der Waals surface area contributed by atoms with E-state index in [4.69, 9.17) is 17.3 Å². The van der Waals surface area contributed by atoms with Crippen LogP contribution in [0.25, 0.3) is 11.4 Å². The Morgan fingerprint density at radius 1 is 1.00 bits per heavy atom. The smallest absolute Gasteiger partial charge is 0.399 e. The molecule has 5 nitrogen and oxygen atoms in total. The molecule has 1 heterocycles. The summed E-state index contributed by atoms with van der Waals surface area (Å²) in [6.45, 7) is 0. The zero-order valence-corrected chi connectivity index (χ0v) is 14.3. The van der Waals surface area contributed by atoms with Crippen molar-refractivity contribution >= 4 is 29.0 Å². The number of aromatic nitrogens is 2. The van der Waals surface area contributed by atoms with Crippen molar-refractivity contribution in [2.45, 2.75) is 6.18 Å². The fourth-order valence-electron chi connectivity index (χ4n) is 2.24. The van der Waals surface area contributed by atoms with Crippen molar-refractivity contribution < 1.29 is 18.0 Å². The molecule has 0 spiro atoms. The van der Waals surface area contributed by atoms with Crippen LogP contribution in [0.4, 0.5) is 24.7 Å². The summed E-state index contributed by atoms with van der Waals surface area (Å²) in [5.74, 6) is -0.237. The number of amides is 1. The van der Waals surface area contributed by atoms with Crippen molar-refractivity contribution in [3.05, 3.63) is 70.9 Å². The number of carbonyl (C=O) groups is 1. The van der Waals surface area contributed by atoms with Crippen molar-refractivity contribution in [3.8, 4) is 11.4 Å². The average Bonchev–Trinajstić information content (AvgIpc) is 2.61. The third-order valence-corrected chi connectivity index (χ3v) is 3.77. The number of nitrogen functional groups attached to an aromatic ring is 1. The van der Waals surface area contributed by atoms with Gasteiger partial charge in [-0.15, -0.1) is 0 Å². The summed E-state index contributed by atoms with van der Waals surface area (Å²) in [6, 6.07) is 11.9. The van der Waals surface area contributed by atoms with Crippen LogP contribution in [0.2, 0.25) is 5.15 Å². The van der Waals surface area contributed by atoms with Crippen LogP contribution in [0, 0.1) is 0 Å². The van der Waals surface area contributed by atoms with Gasteiger partial charge in [-0.2, -0.15) is 13.2 Å². The number of nitrogens with zero attached hydrogens (tertiary/aromatic N) is 2. The minimum absolute atomic E-state index is 0.0347. The first kappa shape index (κ1) is 18.7. The SMILES string of the molecule is Nc1ccc(C(=O)Nc2cc(Cl)nc(-c3ccc(C(F)(F)F)cc3)n2)cc1. The van der Waals surface area contributed by atoms with Crippen LogP contribution in [0.15, 0.2) is 54.6 Å². The van der Waals surface area contributed by atoms with E-state index in [1.165, 1.54) is 18.2 Å². The van der Waals surface area contributed by atoms with Gasteiger partial charge in [-0.1, -0.05) is 23.7 Å². The maximum atomic E-state index is 12.7. The highest BCUT2D eigenvalue weighted by Crippen LogP contribution is 2.30. The van der Waals surface area contributed by atoms with Crippen LogP contribution in [0.5, 0.6) is 0 Å². The summed E-state index contributed by atoms with van der Waals surface area (Å²) in [5, 5.41) is 2.60. The van der Waals surface area contributed by atoms with Gasteiger partial charge in [-0.05, 0) is 36.4 Å². The maximum Gasteiger partial charge on any atom is 0.416 e. The molecule has 0 unspecified atom stereocenters. The molecule has 3 rings (SSSR count). The van der Waals surface area contributed by atoms with Crippen LogP contribution >= 0.6 is 11.6 Å². The fourth-order valence-corrected chi connectivity index (χ4v) is 2.43. The van der Waals surface area contributed by atoms with Gasteiger partial charge in [0.25, 0.3) is 5.91 Å². The van der Waals surface area contributed by atoms with Crippen LogP contribution in [0.3, 0.4) is 0 Å². The van der Waals surface area contributed by atoms with Crippen LogP contribution in [-0.4, -0.2) is 15.9 Å². The molecule has 3 N–H and O–H groups in total. The number of nitrogens with two attached hydrogens (primary N) is 1. The molecule has 0 bridgehead atoms. The number of halogens is 4. The largest absolute Gasteiger partial charge is 0.416 e. The van der Waals surface area contributed by atoms with Crippen LogP contribution in [-0.2, 0) is 6.18 Å². The lowest BCUT2D eigenvalue weighted by Crippen LogP contribution is -2.13. The molecule has 0 aliphatic carbocycles. The Hall–Kier alpha value is -3.13. The van der Waals surface area contributed by atoms with E-state index in [2.05, 4.69) is 15.3 Å². The summed E-state index contributed by atoms with van der Waals surface area (Å²) in [7, 11) is 0. The molecule has 9 heteroatoms. The summed E-state index contributed by atoms with van der Waals surface area (Å²) in [6.07, 6.45) is -4.44. The minimum atomic E-state index is -4.44. The number of hydrogen-bond donors (Lipinski definition) is 2. The predicted molar refractivity (Wildman–Crippen MR) is 96.3 cm³/mol. The van der Waals surface area contributed by atoms with Gasteiger partial charge in [0.15, 0.2) is 5.82 Å². The highest BCUT2D eigenvalue weighted by atomic mass is 35.5. The molecule has 1 aromatic heterocycles. The highest BCUT2D eigenvalue weighted by Gasteiger charge is 2.30. The van der Waals surface area contributed by atoms with Gasteiger partial charge >= 0.3 is 6.18 Å². The van der Waals surface area contributed by atoms with E-state index in [0.29, 0.717) is 16.8 Å². The molecule has 3 aromatic rings. The van der Waals surface area contributed by atoms with E-state index >= 15 is 0 Å². The monoisotopic (exact) mass is 392 g/mol. The molecule has 0 atom stereocenters. The van der Waals surface area contributed by atoms with Crippen molar-refractivity contribution in [2.24, 2.45) is 0 Å². The second kappa shape index (κ2) is 7.24.